The Hall–Kier alpha value is -2.79. The van der Waals surface area contributed by atoms with Crippen molar-refractivity contribution in [1.82, 2.24) is 5.32 Å². The van der Waals surface area contributed by atoms with Gasteiger partial charge in [0.25, 0.3) is 5.91 Å². The molecular weight excluding hydrogens is 428 g/mol. The van der Waals surface area contributed by atoms with Crippen LogP contribution in [0.1, 0.15) is 15.2 Å². The molecule has 0 saturated carbocycles. The maximum absolute atomic E-state index is 12.4. The van der Waals surface area contributed by atoms with Crippen molar-refractivity contribution < 1.29 is 13.2 Å². The minimum absolute atomic E-state index is 0.0709. The summed E-state index contributed by atoms with van der Waals surface area (Å²) in [5.41, 5.74) is 1.48. The topological polar surface area (TPSA) is 113 Å². The molecule has 3 aromatic rings. The van der Waals surface area contributed by atoms with Gasteiger partial charge in [0.05, 0.1) is 11.4 Å². The van der Waals surface area contributed by atoms with Gasteiger partial charge < -0.3 is 16.0 Å². The first-order chi connectivity index (χ1) is 13.8. The summed E-state index contributed by atoms with van der Waals surface area (Å²) in [5, 5.41) is 16.4. The largest absolute Gasteiger partial charge is 0.358 e. The molecule has 1 amide bonds. The van der Waals surface area contributed by atoms with E-state index in [4.69, 9.17) is 17.4 Å². The Morgan fingerprint density at radius 3 is 2.41 bits per heavy atom. The van der Waals surface area contributed by atoms with E-state index in [1.54, 1.807) is 41.7 Å². The normalized spacial score (nSPS) is 10.9. The number of primary sulfonamides is 1. The Kier molecular flexibility index (Phi) is 6.60. The summed E-state index contributed by atoms with van der Waals surface area (Å²) in [4.78, 5) is 13.5. The first-order valence-corrected chi connectivity index (χ1v) is 11.3. The Labute approximate surface area is 178 Å². The summed E-state index contributed by atoms with van der Waals surface area (Å²) in [6.07, 6.45) is 0. The maximum atomic E-state index is 12.4. The van der Waals surface area contributed by atoms with Crippen LogP contribution in [-0.2, 0) is 16.6 Å². The quantitative estimate of drug-likeness (QED) is 0.433. The molecule has 0 atom stereocenters. The predicted molar refractivity (Wildman–Crippen MR) is 120 cm³/mol. The van der Waals surface area contributed by atoms with Gasteiger partial charge in [-0.3, -0.25) is 4.79 Å². The van der Waals surface area contributed by atoms with Gasteiger partial charge >= 0.3 is 0 Å². The van der Waals surface area contributed by atoms with E-state index in [-0.39, 0.29) is 10.8 Å². The van der Waals surface area contributed by atoms with Crippen LogP contribution in [0.4, 0.5) is 11.4 Å². The second kappa shape index (κ2) is 9.14. The molecule has 10 heteroatoms. The lowest BCUT2D eigenvalue weighted by atomic mass is 10.2. The van der Waals surface area contributed by atoms with Gasteiger partial charge in [-0.25, -0.2) is 13.6 Å². The van der Waals surface area contributed by atoms with Gasteiger partial charge in [0, 0.05) is 21.8 Å². The highest BCUT2D eigenvalue weighted by Gasteiger charge is 2.11. The number of anilines is 2. The highest BCUT2D eigenvalue weighted by molar-refractivity contribution is 7.89. The third kappa shape index (κ3) is 6.09. The lowest BCUT2D eigenvalue weighted by molar-refractivity contribution is 0.102. The van der Waals surface area contributed by atoms with Crippen LogP contribution in [0, 0.1) is 0 Å². The standard InChI is InChI=1S/C19H18N4O3S3/c20-29(25,26)17-5-1-3-15(11-17)22-18(24)13-6-8-14(9-7-13)23-19(27)21-12-16-4-2-10-28-16/h1-11H,12H2,(H,22,24)(H2,20,25,26)(H2,21,23,27). The van der Waals surface area contributed by atoms with Crippen molar-refractivity contribution in [2.24, 2.45) is 5.14 Å². The fraction of sp³-hybridized carbons (Fsp3) is 0.0526. The van der Waals surface area contributed by atoms with Crippen LogP contribution >= 0.6 is 23.6 Å². The van der Waals surface area contributed by atoms with Gasteiger partial charge in [-0.15, -0.1) is 11.3 Å². The number of benzene rings is 2. The van der Waals surface area contributed by atoms with Crippen LogP contribution in [-0.4, -0.2) is 19.4 Å². The molecule has 2 aromatic carbocycles. The summed E-state index contributed by atoms with van der Waals surface area (Å²) in [6, 6.07) is 16.5. The molecule has 150 valence electrons. The average Bonchev–Trinajstić information content (AvgIpc) is 3.20. The van der Waals surface area contributed by atoms with Crippen LogP contribution in [0.3, 0.4) is 0 Å². The molecule has 0 unspecified atom stereocenters. The molecule has 29 heavy (non-hydrogen) atoms. The minimum atomic E-state index is -3.84. The number of carbonyl (C=O) groups is 1. The summed E-state index contributed by atoms with van der Waals surface area (Å²) in [5.74, 6) is -0.374. The number of thiocarbonyl (C=S) groups is 1. The molecular formula is C19H18N4O3S3. The zero-order valence-corrected chi connectivity index (χ0v) is 17.5. The monoisotopic (exact) mass is 446 g/mol. The predicted octanol–water partition coefficient (Wildman–Crippen LogP) is 3.13. The Bertz CT molecular complexity index is 1110. The third-order valence-corrected chi connectivity index (χ3v) is 5.86. The van der Waals surface area contributed by atoms with Crippen LogP contribution in [0.15, 0.2) is 70.9 Å². The Morgan fingerprint density at radius 2 is 1.76 bits per heavy atom. The molecule has 0 bridgehead atoms. The van der Waals surface area contributed by atoms with Crippen LogP contribution < -0.4 is 21.1 Å². The number of hydrogen-bond acceptors (Lipinski definition) is 5. The van der Waals surface area contributed by atoms with E-state index in [0.717, 1.165) is 5.69 Å². The molecule has 0 fully saturated rings. The number of sulfonamides is 1. The van der Waals surface area contributed by atoms with E-state index in [1.165, 1.54) is 23.1 Å². The van der Waals surface area contributed by atoms with Crippen molar-refractivity contribution in [3.63, 3.8) is 0 Å². The summed E-state index contributed by atoms with van der Waals surface area (Å²) in [7, 11) is -3.84. The molecule has 0 aliphatic carbocycles. The molecule has 7 nitrogen and oxygen atoms in total. The molecule has 5 N–H and O–H groups in total. The van der Waals surface area contributed by atoms with E-state index in [9.17, 15) is 13.2 Å². The fourth-order valence-corrected chi connectivity index (χ4v) is 3.81. The van der Waals surface area contributed by atoms with Gasteiger partial charge in [-0.1, -0.05) is 12.1 Å². The van der Waals surface area contributed by atoms with Gasteiger partial charge in [-0.2, -0.15) is 0 Å². The van der Waals surface area contributed by atoms with E-state index in [2.05, 4.69) is 16.0 Å². The lowest BCUT2D eigenvalue weighted by Gasteiger charge is -2.11. The summed E-state index contributed by atoms with van der Waals surface area (Å²) in [6.45, 7) is 0.640. The first-order valence-electron chi connectivity index (χ1n) is 8.43. The molecule has 0 saturated heterocycles. The molecule has 0 aliphatic rings. The number of thiophene rings is 1. The van der Waals surface area contributed by atoms with Crippen molar-refractivity contribution in [2.45, 2.75) is 11.4 Å². The number of rotatable bonds is 6. The molecule has 0 aliphatic heterocycles. The highest BCUT2D eigenvalue weighted by Crippen LogP contribution is 2.16. The van der Waals surface area contributed by atoms with Crippen LogP contribution in [0.2, 0.25) is 0 Å². The highest BCUT2D eigenvalue weighted by atomic mass is 32.2. The third-order valence-electron chi connectivity index (χ3n) is 3.83. The summed E-state index contributed by atoms with van der Waals surface area (Å²) >= 11 is 6.91. The van der Waals surface area contributed by atoms with Gasteiger partial charge in [0.15, 0.2) is 5.11 Å². The smallest absolute Gasteiger partial charge is 0.255 e. The van der Waals surface area contributed by atoms with Crippen molar-refractivity contribution in [1.29, 1.82) is 0 Å². The molecule has 1 aromatic heterocycles. The zero-order chi connectivity index (χ0) is 20.9. The first kappa shape index (κ1) is 20.9. The lowest BCUT2D eigenvalue weighted by Crippen LogP contribution is -2.27. The van der Waals surface area contributed by atoms with E-state index in [0.29, 0.717) is 22.9 Å². The minimum Gasteiger partial charge on any atom is -0.358 e. The van der Waals surface area contributed by atoms with Crippen molar-refractivity contribution in [3.05, 3.63) is 76.5 Å². The van der Waals surface area contributed by atoms with Crippen molar-refractivity contribution >= 4 is 56.0 Å². The molecule has 0 spiro atoms. The van der Waals surface area contributed by atoms with E-state index in [1.807, 2.05) is 17.5 Å². The Balaban J connectivity index is 1.58. The second-order valence-corrected chi connectivity index (χ2v) is 8.99. The average molecular weight is 447 g/mol. The fourth-order valence-electron chi connectivity index (χ4n) is 2.41. The van der Waals surface area contributed by atoms with Crippen molar-refractivity contribution in [3.8, 4) is 0 Å². The SMILES string of the molecule is NS(=O)(=O)c1cccc(NC(=O)c2ccc(NC(=S)NCc3cccs3)cc2)c1. The molecule has 3 rings (SSSR count). The number of nitrogens with one attached hydrogen (secondary N) is 3. The summed E-state index contributed by atoms with van der Waals surface area (Å²) < 4.78 is 22.8. The number of nitrogens with two attached hydrogens (primary N) is 1. The van der Waals surface area contributed by atoms with E-state index < -0.39 is 10.0 Å². The van der Waals surface area contributed by atoms with Gasteiger partial charge in [0.1, 0.15) is 0 Å². The molecule has 1 heterocycles. The number of hydrogen-bond donors (Lipinski definition) is 4. The zero-order valence-electron chi connectivity index (χ0n) is 15.1. The number of amides is 1. The van der Waals surface area contributed by atoms with Gasteiger partial charge in [-0.05, 0) is 66.1 Å². The van der Waals surface area contributed by atoms with Crippen LogP contribution in [0.5, 0.6) is 0 Å². The van der Waals surface area contributed by atoms with Crippen molar-refractivity contribution in [2.75, 3.05) is 10.6 Å². The number of carbonyl (C=O) groups excluding carboxylic acids is 1. The van der Waals surface area contributed by atoms with E-state index >= 15 is 0 Å². The maximum Gasteiger partial charge on any atom is 0.255 e. The second-order valence-electron chi connectivity index (χ2n) is 5.99. The molecule has 0 radical (unpaired) electrons. The Morgan fingerprint density at radius 1 is 1.00 bits per heavy atom. The van der Waals surface area contributed by atoms with Crippen LogP contribution in [0.25, 0.3) is 0 Å². The van der Waals surface area contributed by atoms with Gasteiger partial charge in [0.2, 0.25) is 10.0 Å².